The summed E-state index contributed by atoms with van der Waals surface area (Å²) >= 11 is 1.70. The van der Waals surface area contributed by atoms with Gasteiger partial charge < -0.3 is 10.2 Å². The average Bonchev–Trinajstić information content (AvgIpc) is 3.05. The van der Waals surface area contributed by atoms with Gasteiger partial charge in [-0.15, -0.1) is 11.8 Å². The number of piperidine rings is 1. The minimum absolute atomic E-state index is 0.00792. The Labute approximate surface area is 128 Å². The van der Waals surface area contributed by atoms with E-state index >= 15 is 0 Å². The molecule has 2 fully saturated rings. The van der Waals surface area contributed by atoms with Crippen LogP contribution >= 0.6 is 11.8 Å². The Hall–Kier alpha value is -1.53. The lowest BCUT2D eigenvalue weighted by Crippen LogP contribution is -2.55. The Morgan fingerprint density at radius 1 is 1.33 bits per heavy atom. The summed E-state index contributed by atoms with van der Waals surface area (Å²) in [6.45, 7) is 0.715. The topological polar surface area (TPSA) is 61.4 Å². The van der Waals surface area contributed by atoms with Gasteiger partial charge in [-0.3, -0.25) is 14.9 Å². The lowest BCUT2D eigenvalue weighted by atomic mass is 10.0. The van der Waals surface area contributed by atoms with E-state index in [2.05, 4.69) is 10.6 Å². The van der Waals surface area contributed by atoms with Crippen molar-refractivity contribution in [3.8, 4) is 0 Å². The molecule has 0 aliphatic carbocycles. The predicted molar refractivity (Wildman–Crippen MR) is 84.2 cm³/mol. The molecular formula is C15H19N3O2S. The second-order valence-corrected chi connectivity index (χ2v) is 6.33. The maximum absolute atomic E-state index is 12.6. The highest BCUT2D eigenvalue weighted by atomic mass is 32.2. The number of amides is 2. The van der Waals surface area contributed by atoms with Crippen LogP contribution in [0.3, 0.4) is 0 Å². The van der Waals surface area contributed by atoms with Gasteiger partial charge in [-0.05, 0) is 25.0 Å². The zero-order chi connectivity index (χ0) is 14.7. The van der Waals surface area contributed by atoms with Gasteiger partial charge in [0.1, 0.15) is 6.04 Å². The molecule has 2 aliphatic heterocycles. The number of anilines is 1. The summed E-state index contributed by atoms with van der Waals surface area (Å²) in [4.78, 5) is 26.5. The molecule has 2 amide bonds. The van der Waals surface area contributed by atoms with Gasteiger partial charge in [0, 0.05) is 23.9 Å². The molecule has 2 saturated heterocycles. The minimum Gasteiger partial charge on any atom is -0.343 e. The standard InChI is InChI=1S/C15H19N3O2S/c19-14(13-9-21-10-16-13)17-12-7-4-8-18(15(12)20)11-5-2-1-3-6-11/h1-3,5-6,12-13,16H,4,7-10H2,(H,17,19). The Balaban J connectivity index is 1.66. The summed E-state index contributed by atoms with van der Waals surface area (Å²) in [5.41, 5.74) is 0.899. The van der Waals surface area contributed by atoms with E-state index in [9.17, 15) is 9.59 Å². The van der Waals surface area contributed by atoms with Gasteiger partial charge in [-0.1, -0.05) is 18.2 Å². The van der Waals surface area contributed by atoms with Crippen LogP contribution in [0.4, 0.5) is 5.69 Å². The van der Waals surface area contributed by atoms with Crippen molar-refractivity contribution in [2.24, 2.45) is 0 Å². The highest BCUT2D eigenvalue weighted by Crippen LogP contribution is 2.21. The van der Waals surface area contributed by atoms with Gasteiger partial charge in [-0.2, -0.15) is 0 Å². The Morgan fingerprint density at radius 3 is 2.86 bits per heavy atom. The van der Waals surface area contributed by atoms with E-state index in [0.717, 1.165) is 23.7 Å². The largest absolute Gasteiger partial charge is 0.343 e. The van der Waals surface area contributed by atoms with Crippen LogP contribution in [0.2, 0.25) is 0 Å². The van der Waals surface area contributed by atoms with Crippen LogP contribution in [0.5, 0.6) is 0 Å². The van der Waals surface area contributed by atoms with E-state index < -0.39 is 6.04 Å². The number of carbonyl (C=O) groups is 2. The first kappa shape index (κ1) is 14.4. The van der Waals surface area contributed by atoms with E-state index in [4.69, 9.17) is 0 Å². The number of para-hydroxylation sites is 1. The third kappa shape index (κ3) is 3.22. The van der Waals surface area contributed by atoms with Crippen LogP contribution in [-0.4, -0.2) is 42.1 Å². The van der Waals surface area contributed by atoms with Crippen LogP contribution in [-0.2, 0) is 9.59 Å². The second kappa shape index (κ2) is 6.49. The van der Waals surface area contributed by atoms with Gasteiger partial charge in [0.25, 0.3) is 0 Å². The van der Waals surface area contributed by atoms with E-state index in [1.807, 2.05) is 30.3 Å². The SMILES string of the molecule is O=C(NC1CCCN(c2ccccc2)C1=O)C1CSCN1. The molecule has 2 atom stereocenters. The fourth-order valence-corrected chi connectivity index (χ4v) is 3.65. The maximum Gasteiger partial charge on any atom is 0.249 e. The average molecular weight is 305 g/mol. The summed E-state index contributed by atoms with van der Waals surface area (Å²) < 4.78 is 0. The zero-order valence-electron chi connectivity index (χ0n) is 11.7. The molecule has 6 heteroatoms. The molecule has 2 unspecified atom stereocenters. The molecule has 112 valence electrons. The molecule has 1 aromatic rings. The fourth-order valence-electron chi connectivity index (χ4n) is 2.71. The first-order valence-electron chi connectivity index (χ1n) is 7.23. The van der Waals surface area contributed by atoms with Crippen molar-refractivity contribution in [3.63, 3.8) is 0 Å². The van der Waals surface area contributed by atoms with Crippen LogP contribution < -0.4 is 15.5 Å². The Kier molecular flexibility index (Phi) is 4.45. The van der Waals surface area contributed by atoms with Crippen LogP contribution in [0.1, 0.15) is 12.8 Å². The summed E-state index contributed by atoms with van der Waals surface area (Å²) in [5, 5.41) is 6.03. The van der Waals surface area contributed by atoms with Gasteiger partial charge in [0.2, 0.25) is 11.8 Å². The number of nitrogens with one attached hydrogen (secondary N) is 2. The second-order valence-electron chi connectivity index (χ2n) is 5.30. The van der Waals surface area contributed by atoms with Crippen molar-refractivity contribution in [1.82, 2.24) is 10.6 Å². The maximum atomic E-state index is 12.6. The summed E-state index contributed by atoms with van der Waals surface area (Å²) in [7, 11) is 0. The van der Waals surface area contributed by atoms with Gasteiger partial charge in [0.05, 0.1) is 6.04 Å². The molecule has 21 heavy (non-hydrogen) atoms. The number of carbonyl (C=O) groups excluding carboxylic acids is 2. The number of benzene rings is 1. The van der Waals surface area contributed by atoms with Gasteiger partial charge >= 0.3 is 0 Å². The number of hydrogen-bond acceptors (Lipinski definition) is 4. The van der Waals surface area contributed by atoms with Crippen LogP contribution in [0.25, 0.3) is 0 Å². The van der Waals surface area contributed by atoms with E-state index in [1.54, 1.807) is 16.7 Å². The monoisotopic (exact) mass is 305 g/mol. The molecule has 0 aromatic heterocycles. The van der Waals surface area contributed by atoms with Gasteiger partial charge in [-0.25, -0.2) is 0 Å². The van der Waals surface area contributed by atoms with Crippen LogP contribution in [0.15, 0.2) is 30.3 Å². The number of hydrogen-bond donors (Lipinski definition) is 2. The molecule has 2 heterocycles. The lowest BCUT2D eigenvalue weighted by Gasteiger charge is -2.33. The molecular weight excluding hydrogens is 286 g/mol. The van der Waals surface area contributed by atoms with Crippen molar-refractivity contribution in [1.29, 1.82) is 0 Å². The van der Waals surface area contributed by atoms with Crippen molar-refractivity contribution in [3.05, 3.63) is 30.3 Å². The molecule has 5 nitrogen and oxygen atoms in total. The third-order valence-corrected chi connectivity index (χ3v) is 4.80. The molecule has 2 N–H and O–H groups in total. The molecule has 0 radical (unpaired) electrons. The molecule has 0 spiro atoms. The van der Waals surface area contributed by atoms with Crippen molar-refractivity contribution in [2.45, 2.75) is 24.9 Å². The number of rotatable bonds is 3. The van der Waals surface area contributed by atoms with Crippen LogP contribution in [0, 0.1) is 0 Å². The first-order chi connectivity index (χ1) is 10.3. The molecule has 2 aliphatic rings. The summed E-state index contributed by atoms with van der Waals surface area (Å²) in [6.07, 6.45) is 1.62. The highest BCUT2D eigenvalue weighted by Gasteiger charge is 2.33. The first-order valence-corrected chi connectivity index (χ1v) is 8.39. The zero-order valence-corrected chi connectivity index (χ0v) is 12.6. The minimum atomic E-state index is -0.404. The summed E-state index contributed by atoms with van der Waals surface area (Å²) in [5.74, 6) is 1.50. The number of thioether (sulfide) groups is 1. The normalized spacial score (nSPS) is 25.9. The quantitative estimate of drug-likeness (QED) is 0.873. The summed E-state index contributed by atoms with van der Waals surface area (Å²) in [6, 6.07) is 9.05. The van der Waals surface area contributed by atoms with Gasteiger partial charge in [0.15, 0.2) is 0 Å². The van der Waals surface area contributed by atoms with Crippen molar-refractivity contribution >= 4 is 29.3 Å². The van der Waals surface area contributed by atoms with Crippen molar-refractivity contribution in [2.75, 3.05) is 23.1 Å². The van der Waals surface area contributed by atoms with E-state index in [1.165, 1.54) is 0 Å². The Bertz CT molecular complexity index is 517. The van der Waals surface area contributed by atoms with E-state index in [-0.39, 0.29) is 17.9 Å². The highest BCUT2D eigenvalue weighted by molar-refractivity contribution is 7.99. The number of nitrogens with zero attached hydrogens (tertiary/aromatic N) is 1. The fraction of sp³-hybridized carbons (Fsp3) is 0.467. The molecule has 1 aromatic carbocycles. The van der Waals surface area contributed by atoms with Crippen molar-refractivity contribution < 1.29 is 9.59 Å². The third-order valence-electron chi connectivity index (χ3n) is 3.86. The molecule has 0 saturated carbocycles. The van der Waals surface area contributed by atoms with E-state index in [0.29, 0.717) is 13.0 Å². The Morgan fingerprint density at radius 2 is 2.14 bits per heavy atom. The smallest absolute Gasteiger partial charge is 0.249 e. The molecule has 3 rings (SSSR count). The predicted octanol–water partition coefficient (Wildman–Crippen LogP) is 0.961. The molecule has 0 bridgehead atoms. The lowest BCUT2D eigenvalue weighted by molar-refractivity contribution is -0.129.